The number of fused-ring (bicyclic) bond motifs is 2. The van der Waals surface area contributed by atoms with Gasteiger partial charge in [0.1, 0.15) is 11.5 Å². The zero-order valence-electron chi connectivity index (χ0n) is 15.2. The van der Waals surface area contributed by atoms with Gasteiger partial charge in [-0.05, 0) is 67.8 Å². The Balaban J connectivity index is 1.22. The van der Waals surface area contributed by atoms with Gasteiger partial charge in [-0.1, -0.05) is 12.1 Å². The Bertz CT molecular complexity index is 939. The van der Waals surface area contributed by atoms with E-state index in [-0.39, 0.29) is 0 Å². The van der Waals surface area contributed by atoms with Crippen LogP contribution in [0.2, 0.25) is 0 Å². The summed E-state index contributed by atoms with van der Waals surface area (Å²) < 4.78 is 11.9. The van der Waals surface area contributed by atoms with Crippen LogP contribution in [0.4, 0.5) is 0 Å². The minimum Gasteiger partial charge on any atom is -0.493 e. The predicted octanol–water partition coefficient (Wildman–Crippen LogP) is 5.41. The van der Waals surface area contributed by atoms with Crippen molar-refractivity contribution in [2.45, 2.75) is 19.3 Å². The minimum absolute atomic E-state index is 0.701. The quantitative estimate of drug-likeness (QED) is 0.395. The Morgan fingerprint density at radius 2 is 1.07 bits per heavy atom. The van der Waals surface area contributed by atoms with Crippen LogP contribution in [0.25, 0.3) is 21.8 Å². The fourth-order valence-corrected chi connectivity index (χ4v) is 3.15. The average Bonchev–Trinajstić information content (AvgIpc) is 2.73. The molecule has 2 aromatic carbocycles. The number of benzene rings is 2. The highest BCUT2D eigenvalue weighted by Gasteiger charge is 2.03. The largest absolute Gasteiger partial charge is 0.493 e. The van der Waals surface area contributed by atoms with Crippen molar-refractivity contribution in [3.63, 3.8) is 0 Å². The van der Waals surface area contributed by atoms with E-state index in [1.54, 1.807) is 12.4 Å². The molecule has 0 saturated heterocycles. The molecule has 0 aliphatic carbocycles. The van der Waals surface area contributed by atoms with E-state index in [4.69, 9.17) is 9.47 Å². The van der Waals surface area contributed by atoms with Gasteiger partial charge < -0.3 is 9.47 Å². The summed E-state index contributed by atoms with van der Waals surface area (Å²) in [4.78, 5) is 8.72. The number of pyridine rings is 2. The molecule has 0 aliphatic heterocycles. The van der Waals surface area contributed by atoms with Crippen molar-refractivity contribution in [3.8, 4) is 11.5 Å². The zero-order valence-corrected chi connectivity index (χ0v) is 15.2. The van der Waals surface area contributed by atoms with E-state index >= 15 is 0 Å². The van der Waals surface area contributed by atoms with Crippen molar-refractivity contribution >= 4 is 21.8 Å². The van der Waals surface area contributed by atoms with Gasteiger partial charge in [0, 0.05) is 23.2 Å². The number of ether oxygens (including phenoxy) is 2. The van der Waals surface area contributed by atoms with E-state index in [1.165, 1.54) is 0 Å². The lowest BCUT2D eigenvalue weighted by molar-refractivity contribution is 0.282. The number of nitrogens with zero attached hydrogens (tertiary/aromatic N) is 2. The van der Waals surface area contributed by atoms with Crippen molar-refractivity contribution in [2.75, 3.05) is 13.2 Å². The Morgan fingerprint density at radius 3 is 1.59 bits per heavy atom. The monoisotopic (exact) mass is 358 g/mol. The first-order valence-electron chi connectivity index (χ1n) is 9.35. The molecule has 27 heavy (non-hydrogen) atoms. The average molecular weight is 358 g/mol. The van der Waals surface area contributed by atoms with Crippen LogP contribution in [0.1, 0.15) is 19.3 Å². The van der Waals surface area contributed by atoms with E-state index in [2.05, 4.69) is 9.97 Å². The smallest absolute Gasteiger partial charge is 0.128 e. The van der Waals surface area contributed by atoms with Gasteiger partial charge in [-0.3, -0.25) is 9.97 Å². The van der Waals surface area contributed by atoms with Crippen LogP contribution < -0.4 is 9.47 Å². The maximum absolute atomic E-state index is 5.95. The van der Waals surface area contributed by atoms with Gasteiger partial charge in [0.25, 0.3) is 0 Å². The second-order valence-electron chi connectivity index (χ2n) is 6.41. The molecule has 0 radical (unpaired) electrons. The van der Waals surface area contributed by atoms with Gasteiger partial charge in [-0.25, -0.2) is 0 Å². The van der Waals surface area contributed by atoms with Gasteiger partial charge in [0.2, 0.25) is 0 Å². The van der Waals surface area contributed by atoms with Crippen LogP contribution in [0, 0.1) is 0 Å². The van der Waals surface area contributed by atoms with Crippen LogP contribution in [-0.4, -0.2) is 23.2 Å². The Hall–Kier alpha value is -3.14. The van der Waals surface area contributed by atoms with Crippen LogP contribution in [0.5, 0.6) is 11.5 Å². The number of rotatable bonds is 8. The number of aromatic nitrogens is 2. The standard InChI is InChI=1S/C23H22N2O2/c1(2-16-26-22-12-4-10-20-18(22)8-6-14-24-20)3-17-27-23-13-5-11-21-19(23)9-7-15-25-21/h4-15H,1-3,16-17H2. The van der Waals surface area contributed by atoms with Crippen LogP contribution in [0.3, 0.4) is 0 Å². The molecule has 4 aromatic rings. The second-order valence-corrected chi connectivity index (χ2v) is 6.41. The Kier molecular flexibility index (Phi) is 5.44. The van der Waals surface area contributed by atoms with E-state index in [0.717, 1.165) is 52.6 Å². The summed E-state index contributed by atoms with van der Waals surface area (Å²) in [5.74, 6) is 1.81. The molecular weight excluding hydrogens is 336 g/mol. The van der Waals surface area contributed by atoms with E-state index in [1.807, 2.05) is 60.7 Å². The van der Waals surface area contributed by atoms with Gasteiger partial charge in [-0.15, -0.1) is 0 Å². The molecule has 4 nitrogen and oxygen atoms in total. The van der Waals surface area contributed by atoms with Gasteiger partial charge >= 0.3 is 0 Å². The fraction of sp³-hybridized carbons (Fsp3) is 0.217. The Labute approximate surface area is 158 Å². The maximum Gasteiger partial charge on any atom is 0.128 e. The number of hydrogen-bond donors (Lipinski definition) is 0. The summed E-state index contributed by atoms with van der Waals surface area (Å²) in [5.41, 5.74) is 1.93. The molecular formula is C23H22N2O2. The third kappa shape index (κ3) is 4.17. The molecule has 0 unspecified atom stereocenters. The van der Waals surface area contributed by atoms with Crippen molar-refractivity contribution in [1.29, 1.82) is 0 Å². The molecule has 0 N–H and O–H groups in total. The molecule has 136 valence electrons. The molecule has 0 aliphatic rings. The van der Waals surface area contributed by atoms with Gasteiger partial charge in [0.15, 0.2) is 0 Å². The highest BCUT2D eigenvalue weighted by molar-refractivity contribution is 5.85. The summed E-state index contributed by atoms with van der Waals surface area (Å²) in [5, 5.41) is 2.13. The topological polar surface area (TPSA) is 44.2 Å². The zero-order chi connectivity index (χ0) is 18.3. The molecule has 0 atom stereocenters. The highest BCUT2D eigenvalue weighted by Crippen LogP contribution is 2.25. The molecule has 2 aromatic heterocycles. The molecule has 0 amide bonds. The number of unbranched alkanes of at least 4 members (excludes halogenated alkanes) is 2. The third-order valence-corrected chi connectivity index (χ3v) is 4.52. The second kappa shape index (κ2) is 8.49. The van der Waals surface area contributed by atoms with Crippen molar-refractivity contribution in [2.24, 2.45) is 0 Å². The van der Waals surface area contributed by atoms with Crippen molar-refractivity contribution in [1.82, 2.24) is 9.97 Å². The van der Waals surface area contributed by atoms with Crippen LogP contribution >= 0.6 is 0 Å². The van der Waals surface area contributed by atoms with Gasteiger partial charge in [0.05, 0.1) is 24.2 Å². The van der Waals surface area contributed by atoms with E-state index in [9.17, 15) is 0 Å². The summed E-state index contributed by atoms with van der Waals surface area (Å²) in [6.45, 7) is 1.40. The van der Waals surface area contributed by atoms with Crippen molar-refractivity contribution in [3.05, 3.63) is 73.1 Å². The Morgan fingerprint density at radius 1 is 0.556 bits per heavy atom. The minimum atomic E-state index is 0.701. The normalized spacial score (nSPS) is 11.0. The van der Waals surface area contributed by atoms with Crippen molar-refractivity contribution < 1.29 is 9.47 Å². The fourth-order valence-electron chi connectivity index (χ4n) is 3.15. The van der Waals surface area contributed by atoms with Crippen LogP contribution in [0.15, 0.2) is 73.1 Å². The molecule has 4 heteroatoms. The van der Waals surface area contributed by atoms with E-state index < -0.39 is 0 Å². The molecule has 2 heterocycles. The van der Waals surface area contributed by atoms with E-state index in [0.29, 0.717) is 13.2 Å². The predicted molar refractivity (Wildman–Crippen MR) is 108 cm³/mol. The SMILES string of the molecule is c1cc(OCCCCCOc2cccc3ncccc23)c2cccnc2c1. The van der Waals surface area contributed by atoms with Crippen LogP contribution in [-0.2, 0) is 0 Å². The summed E-state index contributed by atoms with van der Waals surface area (Å²) in [6.07, 6.45) is 6.66. The van der Waals surface area contributed by atoms with Gasteiger partial charge in [-0.2, -0.15) is 0 Å². The third-order valence-electron chi connectivity index (χ3n) is 4.52. The maximum atomic E-state index is 5.95. The molecule has 0 saturated carbocycles. The summed E-state index contributed by atoms with van der Waals surface area (Å²) in [6, 6.07) is 19.9. The summed E-state index contributed by atoms with van der Waals surface area (Å²) >= 11 is 0. The molecule has 4 rings (SSSR count). The summed E-state index contributed by atoms with van der Waals surface area (Å²) in [7, 11) is 0. The first kappa shape index (κ1) is 17.3. The first-order valence-corrected chi connectivity index (χ1v) is 9.35. The lowest BCUT2D eigenvalue weighted by atomic mass is 10.2. The molecule has 0 fully saturated rings. The lowest BCUT2D eigenvalue weighted by Crippen LogP contribution is -2.01. The molecule has 0 bridgehead atoms. The number of hydrogen-bond acceptors (Lipinski definition) is 4. The first-order chi connectivity index (χ1) is 13.4. The molecule has 0 spiro atoms. The lowest BCUT2D eigenvalue weighted by Gasteiger charge is -2.10. The highest BCUT2D eigenvalue weighted by atomic mass is 16.5.